The van der Waals surface area contributed by atoms with E-state index in [1.165, 1.54) is 0 Å². The van der Waals surface area contributed by atoms with Gasteiger partial charge in [0.1, 0.15) is 4.99 Å². The van der Waals surface area contributed by atoms with Crippen LogP contribution in [0.4, 0.5) is 0 Å². The molecule has 40 valence electrons. The SMILES string of the molecule is ON1CCCC1=S. The lowest BCUT2D eigenvalue weighted by Crippen LogP contribution is -2.17. The summed E-state index contributed by atoms with van der Waals surface area (Å²) >= 11 is 4.72. The molecule has 0 aromatic carbocycles. The number of rotatable bonds is 0. The molecule has 1 aliphatic rings. The molecule has 1 fully saturated rings. The molecular formula is C4H7NOS. The van der Waals surface area contributed by atoms with Crippen molar-refractivity contribution in [2.45, 2.75) is 12.8 Å². The molecule has 3 heteroatoms. The maximum atomic E-state index is 8.69. The summed E-state index contributed by atoms with van der Waals surface area (Å²) in [6.07, 6.45) is 1.89. The second kappa shape index (κ2) is 1.76. The fourth-order valence-electron chi connectivity index (χ4n) is 0.634. The maximum absolute atomic E-state index is 8.69. The average molecular weight is 117 g/mol. The van der Waals surface area contributed by atoms with Gasteiger partial charge in [-0.2, -0.15) is 0 Å². The lowest BCUT2D eigenvalue weighted by Gasteiger charge is -2.04. The number of thiocarbonyl (C=S) groups is 1. The molecule has 0 aliphatic carbocycles. The Morgan fingerprint density at radius 2 is 2.43 bits per heavy atom. The van der Waals surface area contributed by atoms with Crippen molar-refractivity contribution >= 4 is 17.2 Å². The van der Waals surface area contributed by atoms with Crippen LogP contribution in [0.25, 0.3) is 0 Å². The molecule has 0 aromatic rings. The summed E-state index contributed by atoms with van der Waals surface area (Å²) in [6.45, 7) is 0.721. The summed E-state index contributed by atoms with van der Waals surface area (Å²) in [4.78, 5) is 0.681. The van der Waals surface area contributed by atoms with Crippen molar-refractivity contribution in [2.24, 2.45) is 0 Å². The third-order valence-electron chi connectivity index (χ3n) is 1.05. The van der Waals surface area contributed by atoms with E-state index < -0.39 is 0 Å². The molecule has 1 saturated heterocycles. The molecular weight excluding hydrogens is 110 g/mol. The van der Waals surface area contributed by atoms with Crippen LogP contribution in [0.3, 0.4) is 0 Å². The Bertz CT molecular complexity index is 93.7. The molecule has 1 rings (SSSR count). The smallest absolute Gasteiger partial charge is 0.103 e. The zero-order valence-electron chi connectivity index (χ0n) is 3.92. The van der Waals surface area contributed by atoms with Crippen LogP contribution in [0, 0.1) is 0 Å². The zero-order valence-corrected chi connectivity index (χ0v) is 4.74. The van der Waals surface area contributed by atoms with Crippen molar-refractivity contribution in [1.82, 2.24) is 5.06 Å². The van der Waals surface area contributed by atoms with Gasteiger partial charge in [-0.25, -0.2) is 0 Å². The fraction of sp³-hybridized carbons (Fsp3) is 0.750. The van der Waals surface area contributed by atoms with Gasteiger partial charge in [0.25, 0.3) is 0 Å². The Balaban J connectivity index is 2.48. The van der Waals surface area contributed by atoms with Crippen molar-refractivity contribution in [3.05, 3.63) is 0 Å². The minimum Gasteiger partial charge on any atom is -0.288 e. The van der Waals surface area contributed by atoms with Crippen LogP contribution < -0.4 is 0 Å². The number of hydrogen-bond donors (Lipinski definition) is 1. The Labute approximate surface area is 47.7 Å². The number of hydroxylamine groups is 2. The van der Waals surface area contributed by atoms with Crippen molar-refractivity contribution < 1.29 is 5.21 Å². The molecule has 0 spiro atoms. The quantitative estimate of drug-likeness (QED) is 0.475. The van der Waals surface area contributed by atoms with Crippen molar-refractivity contribution in [3.8, 4) is 0 Å². The van der Waals surface area contributed by atoms with Gasteiger partial charge in [0.15, 0.2) is 0 Å². The highest BCUT2D eigenvalue weighted by Crippen LogP contribution is 2.06. The highest BCUT2D eigenvalue weighted by Gasteiger charge is 2.12. The summed E-state index contributed by atoms with van der Waals surface area (Å²) in [5, 5.41) is 9.82. The van der Waals surface area contributed by atoms with E-state index in [4.69, 9.17) is 17.4 Å². The first-order valence-corrected chi connectivity index (χ1v) is 2.71. The van der Waals surface area contributed by atoms with E-state index in [2.05, 4.69) is 0 Å². The minimum absolute atomic E-state index is 0.681. The lowest BCUT2D eigenvalue weighted by atomic mass is 10.4. The number of hydrogen-bond acceptors (Lipinski definition) is 2. The molecule has 1 aliphatic heterocycles. The monoisotopic (exact) mass is 117 g/mol. The standard InChI is InChI=1S/C4H7NOS/c6-5-3-1-2-4(5)7/h6H,1-3H2. The first-order valence-electron chi connectivity index (χ1n) is 2.30. The summed E-state index contributed by atoms with van der Waals surface area (Å²) in [5.41, 5.74) is 0. The highest BCUT2D eigenvalue weighted by atomic mass is 32.1. The maximum Gasteiger partial charge on any atom is 0.103 e. The largest absolute Gasteiger partial charge is 0.288 e. The molecule has 0 aromatic heterocycles. The Kier molecular flexibility index (Phi) is 1.25. The number of nitrogens with zero attached hydrogens (tertiary/aromatic N) is 1. The van der Waals surface area contributed by atoms with Gasteiger partial charge < -0.3 is 0 Å². The Morgan fingerprint density at radius 3 is 2.57 bits per heavy atom. The normalized spacial score (nSPS) is 21.3. The summed E-state index contributed by atoms with van der Waals surface area (Å²) in [6, 6.07) is 0. The molecule has 0 bridgehead atoms. The molecule has 7 heavy (non-hydrogen) atoms. The van der Waals surface area contributed by atoms with Gasteiger partial charge in [0.05, 0.1) is 0 Å². The van der Waals surface area contributed by atoms with Crippen molar-refractivity contribution in [3.63, 3.8) is 0 Å². The van der Waals surface area contributed by atoms with E-state index in [9.17, 15) is 0 Å². The molecule has 1 heterocycles. The van der Waals surface area contributed by atoms with Crippen LogP contribution in [0.1, 0.15) is 12.8 Å². The van der Waals surface area contributed by atoms with Crippen LogP contribution in [0.15, 0.2) is 0 Å². The summed E-state index contributed by atoms with van der Waals surface area (Å²) < 4.78 is 0. The van der Waals surface area contributed by atoms with Gasteiger partial charge in [-0.15, -0.1) is 0 Å². The lowest BCUT2D eigenvalue weighted by molar-refractivity contribution is -0.000453. The van der Waals surface area contributed by atoms with Gasteiger partial charge in [-0.1, -0.05) is 12.2 Å². The van der Waals surface area contributed by atoms with Crippen molar-refractivity contribution in [1.29, 1.82) is 0 Å². The Hall–Kier alpha value is -0.150. The summed E-state index contributed by atoms with van der Waals surface area (Å²) in [7, 11) is 0. The molecule has 0 radical (unpaired) electrons. The van der Waals surface area contributed by atoms with Gasteiger partial charge in [0.2, 0.25) is 0 Å². The third-order valence-corrected chi connectivity index (χ3v) is 1.46. The first kappa shape index (κ1) is 5.00. The topological polar surface area (TPSA) is 23.5 Å². The zero-order chi connectivity index (χ0) is 5.28. The van der Waals surface area contributed by atoms with Crippen LogP contribution in [0.2, 0.25) is 0 Å². The summed E-state index contributed by atoms with van der Waals surface area (Å²) in [5.74, 6) is 0. The predicted molar refractivity (Wildman–Crippen MR) is 30.3 cm³/mol. The van der Waals surface area contributed by atoms with E-state index in [0.717, 1.165) is 24.4 Å². The van der Waals surface area contributed by atoms with E-state index in [1.807, 2.05) is 0 Å². The van der Waals surface area contributed by atoms with Crippen molar-refractivity contribution in [2.75, 3.05) is 6.54 Å². The molecule has 0 amide bonds. The van der Waals surface area contributed by atoms with Crippen LogP contribution in [0.5, 0.6) is 0 Å². The second-order valence-corrected chi connectivity index (χ2v) is 2.09. The predicted octanol–water partition coefficient (Wildman–Crippen LogP) is 0.799. The Morgan fingerprint density at radius 1 is 1.71 bits per heavy atom. The second-order valence-electron chi connectivity index (χ2n) is 1.62. The third kappa shape index (κ3) is 0.894. The van der Waals surface area contributed by atoms with Crippen LogP contribution in [-0.4, -0.2) is 21.8 Å². The molecule has 0 atom stereocenters. The van der Waals surface area contributed by atoms with Crippen LogP contribution >= 0.6 is 12.2 Å². The first-order chi connectivity index (χ1) is 3.30. The van der Waals surface area contributed by atoms with Gasteiger partial charge in [0, 0.05) is 13.0 Å². The van der Waals surface area contributed by atoms with E-state index in [-0.39, 0.29) is 0 Å². The van der Waals surface area contributed by atoms with E-state index in [0.29, 0.717) is 4.99 Å². The fourth-order valence-corrected chi connectivity index (χ4v) is 0.869. The van der Waals surface area contributed by atoms with Crippen LogP contribution in [-0.2, 0) is 0 Å². The average Bonchev–Trinajstić information content (AvgIpc) is 1.91. The van der Waals surface area contributed by atoms with Gasteiger partial charge in [-0.3, -0.25) is 10.3 Å². The highest BCUT2D eigenvalue weighted by molar-refractivity contribution is 7.80. The van der Waals surface area contributed by atoms with E-state index in [1.54, 1.807) is 0 Å². The van der Waals surface area contributed by atoms with E-state index >= 15 is 0 Å². The van der Waals surface area contributed by atoms with Gasteiger partial charge in [-0.05, 0) is 6.42 Å². The minimum atomic E-state index is 0.681. The van der Waals surface area contributed by atoms with Gasteiger partial charge >= 0.3 is 0 Å². The molecule has 0 saturated carbocycles. The molecule has 0 unspecified atom stereocenters. The molecule has 2 nitrogen and oxygen atoms in total. The molecule has 1 N–H and O–H groups in total.